The summed E-state index contributed by atoms with van der Waals surface area (Å²) < 4.78 is 34.8. The maximum absolute atomic E-state index is 11.9. The Balaban J connectivity index is 3.64. The second-order valence-corrected chi connectivity index (χ2v) is 3.26. The molecule has 3 nitrogen and oxygen atoms in total. The predicted octanol–water partition coefficient (Wildman–Crippen LogP) is 2.94. The third-order valence-electron chi connectivity index (χ3n) is 0.442. The molecule has 0 heterocycles. The smallest absolute Gasteiger partial charge is 0.314 e. The van der Waals surface area contributed by atoms with Crippen LogP contribution in [0.5, 0.6) is 0 Å². The topological polar surface area (TPSA) is 30.8 Å². The quantitative estimate of drug-likeness (QED) is 0.618. The van der Waals surface area contributed by atoms with Crippen LogP contribution in [-0.4, -0.2) is 14.2 Å². The minimum atomic E-state index is -2.47. The Morgan fingerprint density at radius 3 is 2.44 bits per heavy atom. The van der Waals surface area contributed by atoms with Crippen LogP contribution in [0, 0.1) is 0 Å². The summed E-state index contributed by atoms with van der Waals surface area (Å²) in [6, 6.07) is 0. The highest BCUT2D eigenvalue weighted by Gasteiger charge is 2.18. The molecule has 0 amide bonds. The Bertz CT molecular complexity index is 111. The van der Waals surface area contributed by atoms with Crippen LogP contribution in [0.4, 0.5) is 8.39 Å². The third kappa shape index (κ3) is 4.79. The van der Waals surface area contributed by atoms with Crippen molar-refractivity contribution in [1.29, 1.82) is 0 Å². The largest absolute Gasteiger partial charge is 0.618 e. The minimum Gasteiger partial charge on any atom is -0.314 e. The molecule has 7 heteroatoms. The van der Waals surface area contributed by atoms with E-state index in [4.69, 9.17) is 0 Å². The molecule has 2 unspecified atom stereocenters. The number of halogens is 2. The molecule has 54 valence electrons. The lowest BCUT2D eigenvalue weighted by Gasteiger charge is -1.86. The van der Waals surface area contributed by atoms with Gasteiger partial charge in [-0.2, -0.15) is 4.20 Å². The Morgan fingerprint density at radius 2 is 2.11 bits per heavy atom. The van der Waals surface area contributed by atoms with E-state index in [1.54, 1.807) is 0 Å². The van der Waals surface area contributed by atoms with E-state index >= 15 is 0 Å². The molecular weight excluding hydrogens is 170 g/mol. The van der Waals surface area contributed by atoms with Crippen molar-refractivity contribution in [2.24, 2.45) is 4.52 Å². The molecule has 0 spiro atoms. The van der Waals surface area contributed by atoms with E-state index in [0.717, 1.165) is 14.2 Å². The molecule has 0 aliphatic carbocycles. The van der Waals surface area contributed by atoms with Gasteiger partial charge in [-0.1, -0.05) is 0 Å². The second-order valence-electron chi connectivity index (χ2n) is 0.907. The number of hydrogen-bond acceptors (Lipinski definition) is 3. The van der Waals surface area contributed by atoms with Crippen molar-refractivity contribution in [3.05, 3.63) is 0 Å². The van der Waals surface area contributed by atoms with Crippen molar-refractivity contribution >= 4 is 16.9 Å². The van der Waals surface area contributed by atoms with Crippen LogP contribution < -0.4 is 0 Å². The Hall–Kier alpha value is 0.310. The predicted molar refractivity (Wildman–Crippen MR) is 32.5 cm³/mol. The van der Waals surface area contributed by atoms with Crippen molar-refractivity contribution in [2.75, 3.05) is 14.2 Å². The first-order chi connectivity index (χ1) is 4.20. The zero-order valence-corrected chi connectivity index (χ0v) is 6.70. The van der Waals surface area contributed by atoms with Crippen molar-refractivity contribution in [3.63, 3.8) is 0 Å². The highest BCUT2D eigenvalue weighted by atomic mass is 31.2. The zero-order chi connectivity index (χ0) is 7.28. The standard InChI is InChI=1S/C2H6F2NO2P2/c1-6-8(3)5-9(4)7-2/h1-2H3/q+1. The monoisotopic (exact) mass is 176 g/mol. The minimum absolute atomic E-state index is 1.12. The van der Waals surface area contributed by atoms with Crippen LogP contribution in [0.15, 0.2) is 4.52 Å². The molecule has 2 atom stereocenters. The lowest BCUT2D eigenvalue weighted by atomic mass is 11.8. The van der Waals surface area contributed by atoms with Crippen LogP contribution in [0.1, 0.15) is 0 Å². The highest BCUT2D eigenvalue weighted by molar-refractivity contribution is 7.53. The first-order valence-corrected chi connectivity index (χ1v) is 4.13. The maximum atomic E-state index is 11.9. The van der Waals surface area contributed by atoms with Crippen molar-refractivity contribution in [3.8, 4) is 0 Å². The summed E-state index contributed by atoms with van der Waals surface area (Å²) in [5.41, 5.74) is 0. The average Bonchev–Trinajstić information content (AvgIpc) is 1.87. The van der Waals surface area contributed by atoms with Crippen molar-refractivity contribution < 1.29 is 17.4 Å². The van der Waals surface area contributed by atoms with Gasteiger partial charge in [-0.3, -0.25) is 0 Å². The first-order valence-electron chi connectivity index (χ1n) is 1.92. The molecule has 0 fully saturated rings. The van der Waals surface area contributed by atoms with Gasteiger partial charge in [0.25, 0.3) is 0 Å². The summed E-state index contributed by atoms with van der Waals surface area (Å²) in [6.07, 6.45) is 0. The number of rotatable bonds is 3. The molecule has 0 rings (SSSR count). The third-order valence-corrected chi connectivity index (χ3v) is 2.17. The van der Waals surface area contributed by atoms with Gasteiger partial charge in [-0.05, 0) is 0 Å². The van der Waals surface area contributed by atoms with Crippen LogP contribution in [0.3, 0.4) is 0 Å². The van der Waals surface area contributed by atoms with Gasteiger partial charge in [-0.25, -0.2) is 0 Å². The highest BCUT2D eigenvalue weighted by Crippen LogP contribution is 2.47. The molecule has 0 aliphatic rings. The molecule has 0 aromatic rings. The SMILES string of the molecule is COP(F)N=[P+](F)OC. The van der Waals surface area contributed by atoms with Crippen molar-refractivity contribution in [2.45, 2.75) is 0 Å². The van der Waals surface area contributed by atoms with Gasteiger partial charge >= 0.3 is 16.9 Å². The summed E-state index contributed by atoms with van der Waals surface area (Å²) >= 11 is 0. The fraction of sp³-hybridized carbons (Fsp3) is 1.00. The van der Waals surface area contributed by atoms with Gasteiger partial charge in [0.1, 0.15) is 0 Å². The van der Waals surface area contributed by atoms with Gasteiger partial charge in [0.05, 0.1) is 11.3 Å². The Labute approximate surface area is 54.0 Å². The summed E-state index contributed by atoms with van der Waals surface area (Å²) in [5, 5.41) is 0. The molecule has 0 radical (unpaired) electrons. The first kappa shape index (κ1) is 9.31. The summed E-state index contributed by atoms with van der Waals surface area (Å²) in [4.78, 5) is 0. The van der Waals surface area contributed by atoms with E-state index in [1.807, 2.05) is 0 Å². The van der Waals surface area contributed by atoms with E-state index < -0.39 is 16.9 Å². The molecular formula is C2H6F2NO2P2+. The lowest BCUT2D eigenvalue weighted by Crippen LogP contribution is -1.63. The fourth-order valence-corrected chi connectivity index (χ4v) is 1.15. The molecule has 0 N–H and O–H groups in total. The second kappa shape index (κ2) is 5.12. The molecule has 0 aromatic carbocycles. The fourth-order valence-electron chi connectivity index (χ4n) is 0.128. The van der Waals surface area contributed by atoms with Gasteiger partial charge < -0.3 is 4.52 Å². The van der Waals surface area contributed by atoms with E-state index in [9.17, 15) is 8.39 Å². The summed E-state index contributed by atoms with van der Waals surface area (Å²) in [5.74, 6) is 0. The van der Waals surface area contributed by atoms with Gasteiger partial charge in [-0.15, -0.1) is 4.52 Å². The molecule has 0 saturated carbocycles. The van der Waals surface area contributed by atoms with E-state index in [0.29, 0.717) is 0 Å². The lowest BCUT2D eigenvalue weighted by molar-refractivity contribution is 0.424. The summed E-state index contributed by atoms with van der Waals surface area (Å²) in [7, 11) is -2.70. The van der Waals surface area contributed by atoms with Crippen LogP contribution in [-0.2, 0) is 9.05 Å². The Morgan fingerprint density at radius 1 is 1.56 bits per heavy atom. The van der Waals surface area contributed by atoms with E-state index in [2.05, 4.69) is 13.6 Å². The molecule has 0 aromatic heterocycles. The molecule has 0 bridgehead atoms. The molecule has 0 aliphatic heterocycles. The average molecular weight is 176 g/mol. The summed E-state index contributed by atoms with van der Waals surface area (Å²) in [6.45, 7) is 0. The molecule has 0 saturated heterocycles. The molecule has 9 heavy (non-hydrogen) atoms. The van der Waals surface area contributed by atoms with Crippen molar-refractivity contribution in [1.82, 2.24) is 0 Å². The number of hydrogen-bond donors (Lipinski definition) is 0. The van der Waals surface area contributed by atoms with Gasteiger partial charge in [0.2, 0.25) is 0 Å². The van der Waals surface area contributed by atoms with Crippen LogP contribution in [0.25, 0.3) is 0 Å². The maximum Gasteiger partial charge on any atom is 0.618 e. The normalized spacial score (nSPS) is 15.8. The van der Waals surface area contributed by atoms with E-state index in [1.165, 1.54) is 0 Å². The number of nitrogens with zero attached hydrogens (tertiary/aromatic N) is 1. The zero-order valence-electron chi connectivity index (χ0n) is 4.91. The van der Waals surface area contributed by atoms with Gasteiger partial charge in [0.15, 0.2) is 0 Å². The van der Waals surface area contributed by atoms with Crippen LogP contribution >= 0.6 is 16.9 Å². The Kier molecular flexibility index (Phi) is 5.30. The van der Waals surface area contributed by atoms with Crippen LogP contribution in [0.2, 0.25) is 0 Å². The van der Waals surface area contributed by atoms with E-state index in [-0.39, 0.29) is 0 Å². The van der Waals surface area contributed by atoms with Gasteiger partial charge in [0, 0.05) is 11.6 Å².